The van der Waals surface area contributed by atoms with Crippen LogP contribution < -0.4 is 14.2 Å². The molecule has 2 aromatic carbocycles. The number of hydrogen-bond acceptors (Lipinski definition) is 9. The Bertz CT molecular complexity index is 1640. The molecule has 0 spiro atoms. The molecule has 0 bridgehead atoms. The van der Waals surface area contributed by atoms with E-state index in [2.05, 4.69) is 15.0 Å². The van der Waals surface area contributed by atoms with Crippen LogP contribution in [0.15, 0.2) is 34.7 Å². The normalized spacial score (nSPS) is 14.8. The summed E-state index contributed by atoms with van der Waals surface area (Å²) in [6.07, 6.45) is 1.72. The van der Waals surface area contributed by atoms with Crippen molar-refractivity contribution in [3.05, 3.63) is 53.1 Å². The highest BCUT2D eigenvalue weighted by Crippen LogP contribution is 2.35. The Labute approximate surface area is 239 Å². The molecule has 0 aliphatic carbocycles. The number of carbonyl (C=O) groups excluding carboxylic acids is 1. The van der Waals surface area contributed by atoms with Crippen molar-refractivity contribution in [2.45, 2.75) is 46.1 Å². The summed E-state index contributed by atoms with van der Waals surface area (Å²) in [7, 11) is 0. The van der Waals surface area contributed by atoms with Crippen LogP contribution in [-0.2, 0) is 9.59 Å². The van der Waals surface area contributed by atoms with Gasteiger partial charge in [-0.25, -0.2) is 18.6 Å². The van der Waals surface area contributed by atoms with Gasteiger partial charge in [0.05, 0.1) is 6.61 Å². The zero-order valence-electron chi connectivity index (χ0n) is 23.1. The second-order valence-electron chi connectivity index (χ2n) is 9.82. The Hall–Kier alpha value is -4.81. The van der Waals surface area contributed by atoms with Crippen LogP contribution in [0.25, 0.3) is 22.7 Å². The van der Waals surface area contributed by atoms with Gasteiger partial charge >= 0.3 is 12.0 Å². The lowest BCUT2D eigenvalue weighted by Gasteiger charge is -2.22. The second kappa shape index (κ2) is 12.0. The minimum absolute atomic E-state index is 0.0118. The van der Waals surface area contributed by atoms with E-state index in [0.29, 0.717) is 54.9 Å². The van der Waals surface area contributed by atoms with Crippen LogP contribution in [0, 0.1) is 25.5 Å². The molecule has 1 saturated heterocycles. The van der Waals surface area contributed by atoms with Crippen LogP contribution >= 0.6 is 0 Å². The molecule has 0 radical (unpaired) electrons. The molecular formula is C29H28F2N4O7. The molecule has 1 unspecified atom stereocenters. The summed E-state index contributed by atoms with van der Waals surface area (Å²) in [6.45, 7) is 5.88. The highest BCUT2D eigenvalue weighted by atomic mass is 19.1. The molecule has 1 fully saturated rings. The molecule has 1 N–H and O–H groups in total. The maximum Gasteiger partial charge on any atom is 0.328 e. The molecule has 1 aliphatic heterocycles. The van der Waals surface area contributed by atoms with Gasteiger partial charge in [0.2, 0.25) is 5.89 Å². The van der Waals surface area contributed by atoms with E-state index < -0.39 is 35.3 Å². The number of carboxylic acid groups (broad SMARTS) is 1. The van der Waals surface area contributed by atoms with E-state index in [1.165, 1.54) is 4.90 Å². The molecule has 13 heteroatoms. The molecule has 11 nitrogen and oxygen atoms in total. The van der Waals surface area contributed by atoms with Gasteiger partial charge in [0.25, 0.3) is 17.5 Å². The summed E-state index contributed by atoms with van der Waals surface area (Å²) in [5.41, 5.74) is 2.18. The predicted molar refractivity (Wildman–Crippen MR) is 145 cm³/mol. The van der Waals surface area contributed by atoms with Gasteiger partial charge in [0.15, 0.2) is 23.7 Å². The van der Waals surface area contributed by atoms with Gasteiger partial charge in [-0.3, -0.25) is 4.79 Å². The zero-order chi connectivity index (χ0) is 30.0. The number of nitrogens with zero attached hydrogens (tertiary/aromatic N) is 4. The third-order valence-electron chi connectivity index (χ3n) is 6.65. The maximum absolute atomic E-state index is 14.2. The molecule has 1 aliphatic rings. The molecule has 2 aromatic heterocycles. The number of aliphatic carboxylic acids is 1. The molecule has 4 aromatic rings. The molecule has 0 saturated carbocycles. The molecule has 220 valence electrons. The second-order valence-corrected chi connectivity index (χ2v) is 9.82. The molecule has 5 rings (SSSR count). The third-order valence-corrected chi connectivity index (χ3v) is 6.65. The van der Waals surface area contributed by atoms with Gasteiger partial charge in [0, 0.05) is 18.2 Å². The highest BCUT2D eigenvalue weighted by Gasteiger charge is 2.34. The lowest BCUT2D eigenvalue weighted by atomic mass is 10.1. The fourth-order valence-corrected chi connectivity index (χ4v) is 4.74. The summed E-state index contributed by atoms with van der Waals surface area (Å²) in [5.74, 6) is -2.60. The van der Waals surface area contributed by atoms with E-state index in [0.717, 1.165) is 18.2 Å². The lowest BCUT2D eigenvalue weighted by molar-refractivity contribution is -0.149. The number of carbonyl (C=O) groups is 2. The highest BCUT2D eigenvalue weighted by molar-refractivity contribution is 5.85. The van der Waals surface area contributed by atoms with Crippen LogP contribution in [0.3, 0.4) is 0 Å². The summed E-state index contributed by atoms with van der Waals surface area (Å²) in [4.78, 5) is 38.3. The fourth-order valence-electron chi connectivity index (χ4n) is 4.74. The van der Waals surface area contributed by atoms with E-state index in [-0.39, 0.29) is 35.6 Å². The number of rotatable bonds is 10. The van der Waals surface area contributed by atoms with E-state index in [1.807, 2.05) is 6.92 Å². The van der Waals surface area contributed by atoms with Crippen LogP contribution in [0.5, 0.6) is 23.4 Å². The van der Waals surface area contributed by atoms with Gasteiger partial charge < -0.3 is 28.6 Å². The zero-order valence-corrected chi connectivity index (χ0v) is 23.1. The lowest BCUT2D eigenvalue weighted by Crippen LogP contribution is -2.42. The van der Waals surface area contributed by atoms with E-state index in [4.69, 9.17) is 18.6 Å². The number of likely N-dealkylation sites (tertiary alicyclic amines) is 1. The van der Waals surface area contributed by atoms with Crippen LogP contribution in [-0.4, -0.2) is 62.6 Å². The van der Waals surface area contributed by atoms with Gasteiger partial charge in [-0.15, -0.1) is 0 Å². The summed E-state index contributed by atoms with van der Waals surface area (Å²) >= 11 is 0. The first kappa shape index (κ1) is 28.7. The number of aromatic nitrogens is 3. The standard InChI is InChI=1S/C29H28F2N4O7/c1-4-10-39-26-23-27(34-29(33-26)41-21-13-18(30)7-8-19(21)31)42-25(32-23)17-11-15(2)24(16(3)12-17)40-14-22(36)35-9-5-6-20(35)28(37)38/h7-8,11-13,20H,4-6,9-10,14H2,1-3H3,(H,37,38). The number of hydrogen-bond donors (Lipinski definition) is 1. The average molecular weight is 583 g/mol. The van der Waals surface area contributed by atoms with E-state index >= 15 is 0 Å². The Morgan fingerprint density at radius 2 is 1.86 bits per heavy atom. The number of ether oxygens (including phenoxy) is 3. The van der Waals surface area contributed by atoms with Crippen LogP contribution in [0.4, 0.5) is 8.78 Å². The monoisotopic (exact) mass is 582 g/mol. The first-order chi connectivity index (χ1) is 20.1. The summed E-state index contributed by atoms with van der Waals surface area (Å²) in [6, 6.07) is 5.13. The SMILES string of the molecule is CCCOc1nc(Oc2cc(F)ccc2F)nc2oc(-c3cc(C)c(OCC(=O)N4CCCC4C(=O)O)c(C)c3)nc12. The number of amides is 1. The Morgan fingerprint density at radius 1 is 1.10 bits per heavy atom. The van der Waals surface area contributed by atoms with E-state index in [9.17, 15) is 23.5 Å². The molecule has 1 atom stereocenters. The summed E-state index contributed by atoms with van der Waals surface area (Å²) in [5, 5.41) is 9.36. The maximum atomic E-state index is 14.2. The van der Waals surface area contributed by atoms with Crippen molar-refractivity contribution < 1.29 is 42.1 Å². The third kappa shape index (κ3) is 5.94. The minimum Gasteiger partial charge on any atom is -0.483 e. The number of benzene rings is 2. The quantitative estimate of drug-likeness (QED) is 0.265. The van der Waals surface area contributed by atoms with Crippen molar-refractivity contribution in [3.8, 4) is 34.8 Å². The van der Waals surface area contributed by atoms with Crippen LogP contribution in [0.1, 0.15) is 37.3 Å². The number of fused-ring (bicyclic) bond motifs is 1. The molecular weight excluding hydrogens is 554 g/mol. The van der Waals surface area contributed by atoms with Crippen molar-refractivity contribution in [3.63, 3.8) is 0 Å². The molecule has 1 amide bonds. The number of carboxylic acids is 1. The van der Waals surface area contributed by atoms with Crippen molar-refractivity contribution in [2.24, 2.45) is 0 Å². The first-order valence-corrected chi connectivity index (χ1v) is 13.4. The van der Waals surface area contributed by atoms with Crippen molar-refractivity contribution in [2.75, 3.05) is 19.8 Å². The Morgan fingerprint density at radius 3 is 2.57 bits per heavy atom. The number of oxazole rings is 1. The van der Waals surface area contributed by atoms with Crippen molar-refractivity contribution in [1.29, 1.82) is 0 Å². The molecule has 42 heavy (non-hydrogen) atoms. The number of halogens is 2. The van der Waals surface area contributed by atoms with Crippen LogP contribution in [0.2, 0.25) is 0 Å². The molecule has 3 heterocycles. The van der Waals surface area contributed by atoms with Gasteiger partial charge in [-0.1, -0.05) is 6.92 Å². The van der Waals surface area contributed by atoms with Gasteiger partial charge in [-0.05, 0) is 68.5 Å². The predicted octanol–water partition coefficient (Wildman–Crippen LogP) is 5.22. The average Bonchev–Trinajstić information content (AvgIpc) is 3.61. The fraction of sp³-hybridized carbons (Fsp3) is 0.345. The van der Waals surface area contributed by atoms with Crippen molar-refractivity contribution in [1.82, 2.24) is 19.9 Å². The number of aryl methyl sites for hydroxylation is 2. The smallest absolute Gasteiger partial charge is 0.328 e. The first-order valence-electron chi connectivity index (χ1n) is 13.4. The van der Waals surface area contributed by atoms with E-state index in [1.54, 1.807) is 26.0 Å². The van der Waals surface area contributed by atoms with Crippen molar-refractivity contribution >= 4 is 23.1 Å². The topological polar surface area (TPSA) is 137 Å². The summed E-state index contributed by atoms with van der Waals surface area (Å²) < 4.78 is 50.7. The minimum atomic E-state index is -1.02. The Balaban J connectivity index is 1.41. The van der Waals surface area contributed by atoms with Gasteiger partial charge in [0.1, 0.15) is 17.6 Å². The Kier molecular flexibility index (Phi) is 8.18. The van der Waals surface area contributed by atoms with Gasteiger partial charge in [-0.2, -0.15) is 9.97 Å². The largest absolute Gasteiger partial charge is 0.483 e.